The molecule has 3 nitrogen and oxygen atoms in total. The van der Waals surface area contributed by atoms with E-state index in [2.05, 4.69) is 75.6 Å². The van der Waals surface area contributed by atoms with Gasteiger partial charge in [0, 0.05) is 31.7 Å². The van der Waals surface area contributed by atoms with Crippen LogP contribution in [0.25, 0.3) is 0 Å². The predicted molar refractivity (Wildman–Crippen MR) is 142 cm³/mol. The standard InChI is InChI=1S/C31H45N3/c1-5-15-27(16-6-1)25-32(26-28-17-7-2-8-18-28)33-24-14-13-23-31(33)34(29-19-9-3-10-20-29)30-21-11-4-12-22-30/h1-2,5-8,15-18,29-31H,3-4,9-14,19-26H2. The van der Waals surface area contributed by atoms with Gasteiger partial charge in [0.25, 0.3) is 0 Å². The topological polar surface area (TPSA) is 9.72 Å². The van der Waals surface area contributed by atoms with Gasteiger partial charge in [-0.05, 0) is 56.1 Å². The summed E-state index contributed by atoms with van der Waals surface area (Å²) in [7, 11) is 0. The third-order valence-corrected chi connectivity index (χ3v) is 8.56. The summed E-state index contributed by atoms with van der Waals surface area (Å²) in [6.07, 6.45) is 18.8. The fourth-order valence-corrected chi connectivity index (χ4v) is 6.90. The molecule has 2 aromatic rings. The number of rotatable bonds is 8. The summed E-state index contributed by atoms with van der Waals surface area (Å²) < 4.78 is 0. The third kappa shape index (κ3) is 6.11. The van der Waals surface area contributed by atoms with Crippen LogP contribution >= 0.6 is 0 Å². The summed E-state index contributed by atoms with van der Waals surface area (Å²) in [6.45, 7) is 3.19. The van der Waals surface area contributed by atoms with Crippen molar-refractivity contribution in [1.82, 2.24) is 14.9 Å². The normalized spacial score (nSPS) is 23.5. The molecular weight excluding hydrogens is 414 g/mol. The molecule has 1 unspecified atom stereocenters. The molecule has 5 rings (SSSR count). The average Bonchev–Trinajstić information content (AvgIpc) is 2.91. The Morgan fingerprint density at radius 3 is 1.53 bits per heavy atom. The molecule has 0 spiro atoms. The SMILES string of the molecule is c1ccc(CN(Cc2ccccc2)N2CCCCC2N(C2CCCCC2)C2CCCCC2)cc1. The maximum Gasteiger partial charge on any atom is 0.0765 e. The minimum Gasteiger partial charge on any atom is -0.281 e. The monoisotopic (exact) mass is 459 g/mol. The molecule has 0 bridgehead atoms. The first-order valence-corrected chi connectivity index (χ1v) is 14.3. The van der Waals surface area contributed by atoms with Crippen LogP contribution < -0.4 is 0 Å². The Balaban J connectivity index is 1.44. The van der Waals surface area contributed by atoms with Crippen molar-refractivity contribution in [1.29, 1.82) is 0 Å². The maximum absolute atomic E-state index is 3.08. The van der Waals surface area contributed by atoms with Gasteiger partial charge in [0.05, 0.1) is 6.17 Å². The van der Waals surface area contributed by atoms with Gasteiger partial charge < -0.3 is 0 Å². The van der Waals surface area contributed by atoms with Crippen LogP contribution in [0.1, 0.15) is 94.6 Å². The predicted octanol–water partition coefficient (Wildman–Crippen LogP) is 7.38. The molecule has 1 aliphatic heterocycles. The van der Waals surface area contributed by atoms with Crippen molar-refractivity contribution in [2.75, 3.05) is 6.54 Å². The highest BCUT2D eigenvalue weighted by Gasteiger charge is 2.39. The van der Waals surface area contributed by atoms with Crippen LogP contribution in [0.5, 0.6) is 0 Å². The van der Waals surface area contributed by atoms with Crippen molar-refractivity contribution in [2.24, 2.45) is 0 Å². The Morgan fingerprint density at radius 1 is 0.559 bits per heavy atom. The first-order chi connectivity index (χ1) is 16.9. The summed E-state index contributed by atoms with van der Waals surface area (Å²) in [5, 5.41) is 5.53. The van der Waals surface area contributed by atoms with E-state index in [9.17, 15) is 0 Å². The molecule has 1 saturated heterocycles. The Kier molecular flexibility index (Phi) is 8.72. The van der Waals surface area contributed by atoms with Crippen molar-refractivity contribution in [3.63, 3.8) is 0 Å². The van der Waals surface area contributed by atoms with E-state index in [1.165, 1.54) is 101 Å². The van der Waals surface area contributed by atoms with Gasteiger partial charge in [0.15, 0.2) is 0 Å². The van der Waals surface area contributed by atoms with E-state index < -0.39 is 0 Å². The summed E-state index contributed by atoms with van der Waals surface area (Å²) in [6, 6.07) is 23.9. The van der Waals surface area contributed by atoms with E-state index >= 15 is 0 Å². The first-order valence-electron chi connectivity index (χ1n) is 14.3. The van der Waals surface area contributed by atoms with Crippen LogP contribution in [0.15, 0.2) is 60.7 Å². The second kappa shape index (κ2) is 12.3. The smallest absolute Gasteiger partial charge is 0.0765 e. The molecule has 2 saturated carbocycles. The van der Waals surface area contributed by atoms with Gasteiger partial charge in [-0.1, -0.05) is 99.2 Å². The molecule has 2 aliphatic carbocycles. The minimum absolute atomic E-state index is 0.562. The van der Waals surface area contributed by atoms with Crippen molar-refractivity contribution in [3.8, 4) is 0 Å². The zero-order valence-corrected chi connectivity index (χ0v) is 21.2. The fraction of sp³-hybridized carbons (Fsp3) is 0.613. The zero-order valence-electron chi connectivity index (χ0n) is 21.2. The van der Waals surface area contributed by atoms with Gasteiger partial charge in [0.1, 0.15) is 0 Å². The van der Waals surface area contributed by atoms with E-state index in [0.717, 1.165) is 25.2 Å². The van der Waals surface area contributed by atoms with Crippen LogP contribution in [0.3, 0.4) is 0 Å². The average molecular weight is 460 g/mol. The number of nitrogens with zero attached hydrogens (tertiary/aromatic N) is 3. The number of hydrogen-bond acceptors (Lipinski definition) is 3. The van der Waals surface area contributed by atoms with E-state index in [4.69, 9.17) is 0 Å². The van der Waals surface area contributed by atoms with E-state index in [0.29, 0.717) is 6.17 Å². The summed E-state index contributed by atoms with van der Waals surface area (Å²) in [5.74, 6) is 0. The molecule has 184 valence electrons. The first kappa shape index (κ1) is 24.0. The van der Waals surface area contributed by atoms with Gasteiger partial charge in [-0.3, -0.25) is 4.90 Å². The lowest BCUT2D eigenvalue weighted by Gasteiger charge is -2.53. The quantitative estimate of drug-likeness (QED) is 0.408. The highest BCUT2D eigenvalue weighted by Crippen LogP contribution is 2.36. The van der Waals surface area contributed by atoms with E-state index in [1.54, 1.807) is 0 Å². The van der Waals surface area contributed by atoms with Crippen LogP contribution in [0, 0.1) is 0 Å². The molecule has 2 aromatic carbocycles. The largest absolute Gasteiger partial charge is 0.281 e. The van der Waals surface area contributed by atoms with Crippen molar-refractivity contribution >= 4 is 0 Å². The van der Waals surface area contributed by atoms with Crippen LogP contribution in [-0.4, -0.2) is 39.7 Å². The molecule has 0 N–H and O–H groups in total. The van der Waals surface area contributed by atoms with Gasteiger partial charge >= 0.3 is 0 Å². The van der Waals surface area contributed by atoms with Gasteiger partial charge in [0.2, 0.25) is 0 Å². The fourth-order valence-electron chi connectivity index (χ4n) is 6.90. The number of benzene rings is 2. The third-order valence-electron chi connectivity index (χ3n) is 8.56. The van der Waals surface area contributed by atoms with Crippen molar-refractivity contribution in [3.05, 3.63) is 71.8 Å². The lowest BCUT2D eigenvalue weighted by atomic mass is 9.87. The second-order valence-electron chi connectivity index (χ2n) is 11.0. The van der Waals surface area contributed by atoms with Gasteiger partial charge in [-0.25, -0.2) is 10.0 Å². The lowest BCUT2D eigenvalue weighted by molar-refractivity contribution is -0.166. The second-order valence-corrected chi connectivity index (χ2v) is 11.0. The summed E-state index contributed by atoms with van der Waals surface area (Å²) in [4.78, 5) is 3.08. The molecule has 34 heavy (non-hydrogen) atoms. The van der Waals surface area contributed by atoms with Crippen LogP contribution in [0.2, 0.25) is 0 Å². The van der Waals surface area contributed by atoms with E-state index in [1.807, 2.05) is 0 Å². The maximum atomic E-state index is 3.08. The van der Waals surface area contributed by atoms with Crippen LogP contribution in [-0.2, 0) is 13.1 Å². The highest BCUT2D eigenvalue weighted by molar-refractivity contribution is 5.17. The highest BCUT2D eigenvalue weighted by atomic mass is 15.7. The van der Waals surface area contributed by atoms with E-state index in [-0.39, 0.29) is 0 Å². The molecule has 3 fully saturated rings. The molecule has 3 heteroatoms. The van der Waals surface area contributed by atoms with Crippen LogP contribution in [0.4, 0.5) is 0 Å². The molecule has 0 amide bonds. The summed E-state index contributed by atoms with van der Waals surface area (Å²) >= 11 is 0. The van der Waals surface area contributed by atoms with Gasteiger partial charge in [-0.15, -0.1) is 0 Å². The lowest BCUT2D eigenvalue weighted by Crippen LogP contribution is -2.62. The number of hydrazine groups is 1. The molecule has 0 radical (unpaired) electrons. The van der Waals surface area contributed by atoms with Crippen molar-refractivity contribution in [2.45, 2.75) is 115 Å². The number of hydrogen-bond donors (Lipinski definition) is 0. The molecular formula is C31H45N3. The summed E-state index contributed by atoms with van der Waals surface area (Å²) in [5.41, 5.74) is 2.84. The van der Waals surface area contributed by atoms with Gasteiger partial charge in [-0.2, -0.15) is 0 Å². The zero-order chi connectivity index (χ0) is 23.0. The Labute approximate surface area is 208 Å². The Morgan fingerprint density at radius 2 is 1.03 bits per heavy atom. The molecule has 0 aromatic heterocycles. The van der Waals surface area contributed by atoms with Crippen molar-refractivity contribution < 1.29 is 0 Å². The minimum atomic E-state index is 0.562. The molecule has 3 aliphatic rings. The molecule has 1 heterocycles. The Bertz CT molecular complexity index is 767. The Hall–Kier alpha value is -1.68. The molecule has 1 atom stereocenters. The number of piperidine rings is 1.